The minimum absolute atomic E-state index is 0.571. The van der Waals surface area contributed by atoms with Gasteiger partial charge in [-0.2, -0.15) is 0 Å². The van der Waals surface area contributed by atoms with E-state index >= 15 is 0 Å². The first kappa shape index (κ1) is 17.3. The van der Waals surface area contributed by atoms with E-state index in [0.717, 1.165) is 29.8 Å². The average Bonchev–Trinajstić information content (AvgIpc) is 3.14. The van der Waals surface area contributed by atoms with Crippen LogP contribution >= 0.6 is 11.3 Å². The maximum atomic E-state index is 6.05. The number of piperidine rings is 3. The zero-order chi connectivity index (χ0) is 17.9. The third-order valence-electron chi connectivity index (χ3n) is 5.58. The lowest BCUT2D eigenvalue weighted by Crippen LogP contribution is -2.48. The van der Waals surface area contributed by atoms with Crippen molar-refractivity contribution >= 4 is 17.2 Å². The number of nitrogens with one attached hydrogen (secondary N) is 1. The molecule has 0 aliphatic carbocycles. The van der Waals surface area contributed by atoms with Gasteiger partial charge in [0, 0.05) is 12.5 Å². The second-order valence-electron chi connectivity index (χ2n) is 7.19. The molecule has 0 saturated carbocycles. The van der Waals surface area contributed by atoms with Gasteiger partial charge in [-0.25, -0.2) is 4.98 Å². The van der Waals surface area contributed by atoms with E-state index in [-0.39, 0.29) is 0 Å². The molecular weight excluding hydrogens is 342 g/mol. The van der Waals surface area contributed by atoms with Crippen molar-refractivity contribution in [2.75, 3.05) is 31.6 Å². The number of hydrogen-bond acceptors (Lipinski definition) is 5. The standard InChI is InChI=1S/C21H25N3OS/c1-3-19(25-13-17-12-24-10-8-16(17)9-11-24)23-21-20(26-14-22-21)18-7-5-4-6-15(18)2/h4-7,14,16-17,23H,1,8-13H2,2H3. The number of thiazole rings is 1. The number of aryl methyl sites for hydroxylation is 1. The third kappa shape index (κ3) is 3.56. The quantitative estimate of drug-likeness (QED) is 0.602. The van der Waals surface area contributed by atoms with Crippen LogP contribution in [0.3, 0.4) is 0 Å². The van der Waals surface area contributed by atoms with E-state index < -0.39 is 0 Å². The number of nitrogens with zero attached hydrogens (tertiary/aromatic N) is 2. The van der Waals surface area contributed by atoms with Crippen LogP contribution in [0.5, 0.6) is 0 Å². The second-order valence-corrected chi connectivity index (χ2v) is 8.04. The van der Waals surface area contributed by atoms with Crippen LogP contribution in [0.25, 0.3) is 10.4 Å². The van der Waals surface area contributed by atoms with Gasteiger partial charge >= 0.3 is 0 Å². The number of fused-ring (bicyclic) bond motifs is 3. The summed E-state index contributed by atoms with van der Waals surface area (Å²) in [4.78, 5) is 8.15. The van der Waals surface area contributed by atoms with Crippen molar-refractivity contribution in [3.63, 3.8) is 0 Å². The first-order valence-electron chi connectivity index (χ1n) is 9.26. The van der Waals surface area contributed by atoms with Crippen molar-refractivity contribution in [1.29, 1.82) is 0 Å². The van der Waals surface area contributed by atoms with Crippen LogP contribution in [0.1, 0.15) is 18.4 Å². The predicted octanol–water partition coefficient (Wildman–Crippen LogP) is 4.52. The summed E-state index contributed by atoms with van der Waals surface area (Å²) >= 11 is 1.63. The highest BCUT2D eigenvalue weighted by Crippen LogP contribution is 2.35. The lowest BCUT2D eigenvalue weighted by Gasteiger charge is -2.44. The summed E-state index contributed by atoms with van der Waals surface area (Å²) < 4.78 is 6.05. The highest BCUT2D eigenvalue weighted by molar-refractivity contribution is 7.13. The zero-order valence-electron chi connectivity index (χ0n) is 15.2. The molecule has 4 nitrogen and oxygen atoms in total. The van der Waals surface area contributed by atoms with E-state index in [4.69, 9.17) is 4.74 Å². The lowest BCUT2D eigenvalue weighted by molar-refractivity contribution is 0.0110. The Kier molecular flexibility index (Phi) is 5.11. The largest absolute Gasteiger partial charge is 0.473 e. The van der Waals surface area contributed by atoms with E-state index in [1.807, 2.05) is 5.51 Å². The smallest absolute Gasteiger partial charge is 0.238 e. The fourth-order valence-electron chi connectivity index (χ4n) is 4.06. The molecular formula is C21H25N3OS. The summed E-state index contributed by atoms with van der Waals surface area (Å²) in [6.07, 6.45) is 2.61. The number of ether oxygens (including phenoxy) is 1. The van der Waals surface area contributed by atoms with Crippen molar-refractivity contribution in [1.82, 2.24) is 9.88 Å². The fraction of sp³-hybridized carbons (Fsp3) is 0.429. The molecule has 1 N–H and O–H groups in total. The van der Waals surface area contributed by atoms with E-state index in [9.17, 15) is 0 Å². The van der Waals surface area contributed by atoms with Gasteiger partial charge in [0.1, 0.15) is 0 Å². The number of aromatic nitrogens is 1. The Morgan fingerprint density at radius 1 is 1.38 bits per heavy atom. The Hall–Kier alpha value is -2.07. The van der Waals surface area contributed by atoms with Crippen LogP contribution < -0.4 is 5.32 Å². The summed E-state index contributed by atoms with van der Waals surface area (Å²) in [5, 5.41) is 3.29. The summed E-state index contributed by atoms with van der Waals surface area (Å²) in [6.45, 7) is 10.3. The Bertz CT molecular complexity index is 816. The molecule has 4 heterocycles. The molecule has 5 heteroatoms. The fourth-order valence-corrected chi connectivity index (χ4v) is 4.89. The molecule has 1 aromatic heterocycles. The lowest BCUT2D eigenvalue weighted by atomic mass is 9.79. The van der Waals surface area contributed by atoms with Gasteiger partial charge in [0.05, 0.1) is 17.0 Å². The van der Waals surface area contributed by atoms with Gasteiger partial charge in [0.15, 0.2) is 5.82 Å². The van der Waals surface area contributed by atoms with Crippen molar-refractivity contribution in [3.05, 3.63) is 53.5 Å². The molecule has 5 rings (SSSR count). The second kappa shape index (κ2) is 7.67. The van der Waals surface area contributed by atoms with Crippen molar-refractivity contribution in [2.45, 2.75) is 19.8 Å². The van der Waals surface area contributed by atoms with Gasteiger partial charge in [0.2, 0.25) is 5.88 Å². The van der Waals surface area contributed by atoms with Crippen LogP contribution in [0, 0.1) is 18.8 Å². The summed E-state index contributed by atoms with van der Waals surface area (Å²) in [6, 6.07) is 8.35. The molecule has 0 amide bonds. The highest BCUT2D eigenvalue weighted by Gasteiger charge is 2.34. The van der Waals surface area contributed by atoms with E-state index in [1.165, 1.54) is 37.1 Å². The number of rotatable bonds is 6. The molecule has 136 valence electrons. The van der Waals surface area contributed by atoms with Gasteiger partial charge in [-0.1, -0.05) is 36.6 Å². The normalized spacial score (nSPS) is 24.1. The number of benzene rings is 1. The molecule has 1 aromatic carbocycles. The van der Waals surface area contributed by atoms with Gasteiger partial charge in [-0.05, 0) is 49.9 Å². The molecule has 26 heavy (non-hydrogen) atoms. The number of anilines is 1. The van der Waals surface area contributed by atoms with Crippen LogP contribution in [0.15, 0.2) is 48.0 Å². The van der Waals surface area contributed by atoms with Gasteiger partial charge in [-0.15, -0.1) is 11.3 Å². The molecule has 3 saturated heterocycles. The Labute approximate surface area is 159 Å². The maximum absolute atomic E-state index is 6.05. The Morgan fingerprint density at radius 3 is 2.88 bits per heavy atom. The van der Waals surface area contributed by atoms with Crippen molar-refractivity contribution in [3.8, 4) is 10.4 Å². The van der Waals surface area contributed by atoms with E-state index in [2.05, 4.69) is 58.7 Å². The van der Waals surface area contributed by atoms with E-state index in [1.54, 1.807) is 11.3 Å². The SMILES string of the molecule is C=C=C(Nc1ncsc1-c1ccccc1C)OCC1CN2CCC1CC2. The van der Waals surface area contributed by atoms with Gasteiger partial charge in [0.25, 0.3) is 0 Å². The summed E-state index contributed by atoms with van der Waals surface area (Å²) in [7, 11) is 0. The average molecular weight is 368 g/mol. The van der Waals surface area contributed by atoms with Gasteiger partial charge < -0.3 is 15.0 Å². The molecule has 3 aliphatic heterocycles. The summed E-state index contributed by atoms with van der Waals surface area (Å²) in [5.74, 6) is 2.79. The Morgan fingerprint density at radius 2 is 2.19 bits per heavy atom. The van der Waals surface area contributed by atoms with Crippen LogP contribution in [0.2, 0.25) is 0 Å². The number of hydrogen-bond donors (Lipinski definition) is 1. The predicted molar refractivity (Wildman–Crippen MR) is 107 cm³/mol. The topological polar surface area (TPSA) is 37.4 Å². The van der Waals surface area contributed by atoms with E-state index in [0.29, 0.717) is 11.8 Å². The van der Waals surface area contributed by atoms with Gasteiger partial charge in [-0.3, -0.25) is 0 Å². The van der Waals surface area contributed by atoms with Crippen LogP contribution in [-0.2, 0) is 4.74 Å². The molecule has 2 bridgehead atoms. The molecule has 0 radical (unpaired) electrons. The zero-order valence-corrected chi connectivity index (χ0v) is 16.0. The highest BCUT2D eigenvalue weighted by atomic mass is 32.1. The third-order valence-corrected chi connectivity index (χ3v) is 6.44. The minimum atomic E-state index is 0.571. The summed E-state index contributed by atoms with van der Waals surface area (Å²) in [5.41, 5.74) is 7.19. The molecule has 1 unspecified atom stereocenters. The molecule has 3 aliphatic rings. The first-order valence-corrected chi connectivity index (χ1v) is 10.1. The molecule has 1 atom stereocenters. The minimum Gasteiger partial charge on any atom is -0.473 e. The molecule has 3 fully saturated rings. The van der Waals surface area contributed by atoms with Crippen molar-refractivity contribution < 1.29 is 4.74 Å². The molecule has 2 aromatic rings. The van der Waals surface area contributed by atoms with Crippen molar-refractivity contribution in [2.24, 2.45) is 11.8 Å². The Balaban J connectivity index is 1.43. The van der Waals surface area contributed by atoms with Crippen LogP contribution in [-0.4, -0.2) is 36.1 Å². The monoisotopic (exact) mass is 367 g/mol. The maximum Gasteiger partial charge on any atom is 0.238 e. The molecule has 0 spiro atoms. The van der Waals surface area contributed by atoms with Crippen LogP contribution in [0.4, 0.5) is 5.82 Å². The first-order chi connectivity index (χ1) is 12.7.